The monoisotopic (exact) mass is 351 g/mol. The first-order chi connectivity index (χ1) is 11.3. The lowest BCUT2D eigenvalue weighted by atomic mass is 9.96. The number of rotatable bonds is 4. The highest BCUT2D eigenvalue weighted by molar-refractivity contribution is 6.30. The number of benzene rings is 1. The maximum absolute atomic E-state index is 12.2. The van der Waals surface area contributed by atoms with Crippen LogP contribution in [0.1, 0.15) is 26.3 Å². The zero-order valence-electron chi connectivity index (χ0n) is 14.6. The fourth-order valence-corrected chi connectivity index (χ4v) is 2.66. The number of hydrogen-bond donors (Lipinski definition) is 1. The topological polar surface area (TPSA) is 52.7 Å². The Labute approximate surface area is 149 Å². The molecule has 1 saturated heterocycles. The molecule has 2 amide bonds. The summed E-state index contributed by atoms with van der Waals surface area (Å²) in [6, 6.07) is 7.85. The first-order valence-electron chi connectivity index (χ1n) is 8.28. The van der Waals surface area contributed by atoms with Crippen molar-refractivity contribution >= 4 is 23.4 Å². The summed E-state index contributed by atoms with van der Waals surface area (Å²) in [6.45, 7) is 9.50. The quantitative estimate of drug-likeness (QED) is 0.904. The molecule has 1 N–H and O–H groups in total. The number of amides is 2. The van der Waals surface area contributed by atoms with Gasteiger partial charge in [0.2, 0.25) is 11.8 Å². The van der Waals surface area contributed by atoms with E-state index in [1.54, 1.807) is 0 Å². The molecule has 1 aliphatic rings. The van der Waals surface area contributed by atoms with Crippen molar-refractivity contribution in [2.75, 3.05) is 32.7 Å². The lowest BCUT2D eigenvalue weighted by Crippen LogP contribution is -2.51. The third-order valence-electron chi connectivity index (χ3n) is 4.13. The van der Waals surface area contributed by atoms with Crippen LogP contribution in [-0.4, -0.2) is 54.3 Å². The van der Waals surface area contributed by atoms with E-state index < -0.39 is 5.41 Å². The fourth-order valence-electron chi connectivity index (χ4n) is 2.54. The normalized spacial score (nSPS) is 16.1. The molecule has 6 heteroatoms. The largest absolute Gasteiger partial charge is 0.347 e. The van der Waals surface area contributed by atoms with Crippen molar-refractivity contribution in [3.63, 3.8) is 0 Å². The molecular weight excluding hydrogens is 326 g/mol. The molecule has 1 fully saturated rings. The van der Waals surface area contributed by atoms with Crippen LogP contribution in [0.15, 0.2) is 24.3 Å². The molecule has 0 spiro atoms. The van der Waals surface area contributed by atoms with Crippen molar-refractivity contribution in [2.24, 2.45) is 5.41 Å². The minimum atomic E-state index is -0.475. The van der Waals surface area contributed by atoms with Gasteiger partial charge in [0, 0.05) is 43.2 Å². The van der Waals surface area contributed by atoms with Gasteiger partial charge in [-0.1, -0.05) is 44.5 Å². The van der Waals surface area contributed by atoms with Gasteiger partial charge in [-0.05, 0) is 17.7 Å². The van der Waals surface area contributed by atoms with Crippen molar-refractivity contribution in [1.82, 2.24) is 15.1 Å². The Balaban J connectivity index is 1.74. The van der Waals surface area contributed by atoms with Gasteiger partial charge in [-0.15, -0.1) is 0 Å². The number of nitrogens with zero attached hydrogens (tertiary/aromatic N) is 2. The average Bonchev–Trinajstić information content (AvgIpc) is 2.54. The molecule has 1 aromatic carbocycles. The summed E-state index contributed by atoms with van der Waals surface area (Å²) in [7, 11) is 0. The number of nitrogens with one attached hydrogen (secondary N) is 1. The Morgan fingerprint density at radius 1 is 1.08 bits per heavy atom. The van der Waals surface area contributed by atoms with Crippen LogP contribution in [0.25, 0.3) is 0 Å². The standard InChI is InChI=1S/C18H26ClN3O2/c1-18(2,3)17(24)20-12-16(23)22-10-8-21(9-11-22)13-14-4-6-15(19)7-5-14/h4-7H,8-13H2,1-3H3,(H,20,24). The molecule has 0 bridgehead atoms. The van der Waals surface area contributed by atoms with Crippen molar-refractivity contribution in [1.29, 1.82) is 0 Å². The molecule has 1 aromatic rings. The van der Waals surface area contributed by atoms with Crippen LogP contribution in [0.5, 0.6) is 0 Å². The van der Waals surface area contributed by atoms with Gasteiger partial charge in [0.25, 0.3) is 0 Å². The van der Waals surface area contributed by atoms with Gasteiger partial charge in [0.1, 0.15) is 0 Å². The van der Waals surface area contributed by atoms with Crippen LogP contribution in [-0.2, 0) is 16.1 Å². The van der Waals surface area contributed by atoms with E-state index in [0.29, 0.717) is 13.1 Å². The van der Waals surface area contributed by atoms with Crippen LogP contribution in [0.4, 0.5) is 0 Å². The minimum Gasteiger partial charge on any atom is -0.347 e. The molecule has 0 aromatic heterocycles. The van der Waals surface area contributed by atoms with Gasteiger partial charge in [-0.25, -0.2) is 0 Å². The summed E-state index contributed by atoms with van der Waals surface area (Å²) >= 11 is 5.90. The first-order valence-corrected chi connectivity index (χ1v) is 8.66. The van der Waals surface area contributed by atoms with Crippen LogP contribution in [0.2, 0.25) is 5.02 Å². The van der Waals surface area contributed by atoms with E-state index in [1.807, 2.05) is 49.9 Å². The third kappa shape index (κ3) is 5.49. The predicted octanol–water partition coefficient (Wildman–Crippen LogP) is 2.15. The molecule has 0 atom stereocenters. The van der Waals surface area contributed by atoms with Crippen LogP contribution < -0.4 is 5.32 Å². The molecule has 0 saturated carbocycles. The van der Waals surface area contributed by atoms with Crippen molar-refractivity contribution in [3.05, 3.63) is 34.9 Å². The second-order valence-corrected chi connectivity index (χ2v) is 7.65. The van der Waals surface area contributed by atoms with E-state index >= 15 is 0 Å². The highest BCUT2D eigenvalue weighted by Crippen LogP contribution is 2.14. The van der Waals surface area contributed by atoms with Crippen LogP contribution in [0.3, 0.4) is 0 Å². The number of hydrogen-bond acceptors (Lipinski definition) is 3. The Morgan fingerprint density at radius 3 is 2.21 bits per heavy atom. The van der Waals surface area contributed by atoms with E-state index in [1.165, 1.54) is 5.56 Å². The van der Waals surface area contributed by atoms with E-state index in [2.05, 4.69) is 10.2 Å². The molecule has 24 heavy (non-hydrogen) atoms. The number of piperazine rings is 1. The van der Waals surface area contributed by atoms with E-state index in [9.17, 15) is 9.59 Å². The fraction of sp³-hybridized carbons (Fsp3) is 0.556. The summed E-state index contributed by atoms with van der Waals surface area (Å²) in [4.78, 5) is 28.2. The van der Waals surface area contributed by atoms with Crippen LogP contribution in [0, 0.1) is 5.41 Å². The second kappa shape index (κ2) is 7.99. The lowest BCUT2D eigenvalue weighted by Gasteiger charge is -2.35. The number of carbonyl (C=O) groups excluding carboxylic acids is 2. The Hall–Kier alpha value is -1.59. The molecule has 1 heterocycles. The van der Waals surface area contributed by atoms with Gasteiger partial charge < -0.3 is 10.2 Å². The van der Waals surface area contributed by atoms with E-state index in [0.717, 1.165) is 24.7 Å². The minimum absolute atomic E-state index is 0.0151. The second-order valence-electron chi connectivity index (χ2n) is 7.22. The predicted molar refractivity (Wildman–Crippen MR) is 95.8 cm³/mol. The smallest absolute Gasteiger partial charge is 0.242 e. The highest BCUT2D eigenvalue weighted by Gasteiger charge is 2.24. The number of carbonyl (C=O) groups is 2. The summed E-state index contributed by atoms with van der Waals surface area (Å²) < 4.78 is 0. The summed E-state index contributed by atoms with van der Waals surface area (Å²) in [6.07, 6.45) is 0. The molecule has 5 nitrogen and oxygen atoms in total. The highest BCUT2D eigenvalue weighted by atomic mass is 35.5. The molecule has 0 unspecified atom stereocenters. The lowest BCUT2D eigenvalue weighted by molar-refractivity contribution is -0.136. The summed E-state index contributed by atoms with van der Waals surface area (Å²) in [5.41, 5.74) is 0.744. The van der Waals surface area contributed by atoms with Gasteiger partial charge in [0.15, 0.2) is 0 Å². The Morgan fingerprint density at radius 2 is 1.67 bits per heavy atom. The number of halogens is 1. The van der Waals surface area contributed by atoms with Gasteiger partial charge in [-0.3, -0.25) is 14.5 Å². The van der Waals surface area contributed by atoms with Crippen molar-refractivity contribution < 1.29 is 9.59 Å². The maximum atomic E-state index is 12.2. The SMILES string of the molecule is CC(C)(C)C(=O)NCC(=O)N1CCN(Cc2ccc(Cl)cc2)CC1. The summed E-state index contributed by atoms with van der Waals surface area (Å²) in [5.74, 6) is -0.115. The van der Waals surface area contributed by atoms with Crippen LogP contribution >= 0.6 is 11.6 Å². The first kappa shape index (κ1) is 18.7. The van der Waals surface area contributed by atoms with Crippen molar-refractivity contribution in [2.45, 2.75) is 27.3 Å². The van der Waals surface area contributed by atoms with Gasteiger partial charge >= 0.3 is 0 Å². The average molecular weight is 352 g/mol. The third-order valence-corrected chi connectivity index (χ3v) is 4.38. The maximum Gasteiger partial charge on any atom is 0.242 e. The van der Waals surface area contributed by atoms with Gasteiger partial charge in [0.05, 0.1) is 6.54 Å². The Bertz CT molecular complexity index is 573. The molecule has 0 radical (unpaired) electrons. The van der Waals surface area contributed by atoms with E-state index in [4.69, 9.17) is 11.6 Å². The molecule has 132 valence electrons. The molecule has 2 rings (SSSR count). The Kier molecular flexibility index (Phi) is 6.24. The molecule has 0 aliphatic carbocycles. The summed E-state index contributed by atoms with van der Waals surface area (Å²) in [5, 5.41) is 3.46. The van der Waals surface area contributed by atoms with E-state index in [-0.39, 0.29) is 18.4 Å². The molecule has 1 aliphatic heterocycles. The van der Waals surface area contributed by atoms with Gasteiger partial charge in [-0.2, -0.15) is 0 Å². The zero-order chi connectivity index (χ0) is 17.7. The molecular formula is C18H26ClN3O2. The van der Waals surface area contributed by atoms with Crippen molar-refractivity contribution in [3.8, 4) is 0 Å². The zero-order valence-corrected chi connectivity index (χ0v) is 15.4.